The predicted molar refractivity (Wildman–Crippen MR) is 102 cm³/mol. The molecule has 0 spiro atoms. The van der Waals surface area contributed by atoms with Gasteiger partial charge in [-0.3, -0.25) is 8.98 Å². The first-order chi connectivity index (χ1) is 12.2. The number of rotatable bonds is 5. The van der Waals surface area contributed by atoms with Gasteiger partial charge in [0.1, 0.15) is 0 Å². The number of benzene rings is 1. The van der Waals surface area contributed by atoms with Gasteiger partial charge in [-0.2, -0.15) is 8.42 Å². The summed E-state index contributed by atoms with van der Waals surface area (Å²) in [6.45, 7) is 3.49. The van der Waals surface area contributed by atoms with Gasteiger partial charge in [-0.1, -0.05) is 37.1 Å². The molecular weight excluding hydrogens is 374 g/mol. The zero-order valence-corrected chi connectivity index (χ0v) is 16.9. The van der Waals surface area contributed by atoms with Gasteiger partial charge in [0.15, 0.2) is 0 Å². The number of carbonyl (C=O) groups excluding carboxylic acids is 1. The van der Waals surface area contributed by atoms with Crippen LogP contribution in [-0.2, 0) is 24.5 Å². The second-order valence-corrected chi connectivity index (χ2v) is 9.79. The Kier molecular flexibility index (Phi) is 5.66. The maximum Gasteiger partial charge on any atom is 0.264 e. The van der Waals surface area contributed by atoms with Crippen molar-refractivity contribution in [3.05, 3.63) is 34.9 Å². The monoisotopic (exact) mass is 399 g/mol. The Balaban J connectivity index is 1.74. The first-order valence-corrected chi connectivity index (χ1v) is 11.3. The fourth-order valence-electron chi connectivity index (χ4n) is 3.99. The lowest BCUT2D eigenvalue weighted by atomic mass is 9.63. The lowest BCUT2D eigenvalue weighted by molar-refractivity contribution is -0.143. The van der Waals surface area contributed by atoms with Crippen molar-refractivity contribution in [1.82, 2.24) is 4.90 Å². The molecule has 2 aliphatic rings. The molecule has 1 aromatic carbocycles. The molecule has 0 aromatic heterocycles. The molecule has 0 unspecified atom stereocenters. The average molecular weight is 400 g/mol. The van der Waals surface area contributed by atoms with Gasteiger partial charge in [0.25, 0.3) is 10.1 Å². The molecule has 0 radical (unpaired) electrons. The summed E-state index contributed by atoms with van der Waals surface area (Å²) in [5.74, 6) is 0.515. The van der Waals surface area contributed by atoms with Crippen LogP contribution in [0.2, 0.25) is 5.02 Å². The van der Waals surface area contributed by atoms with Crippen molar-refractivity contribution >= 4 is 27.6 Å². The standard InChI is InChI=1S/C19H26ClNO4S/c1-14-8-11-21(12-15(14)13-25-26(2,23)24)18(22)19(9-3-10-19)16-4-6-17(20)7-5-16/h4-7,14-15H,3,8-13H2,1-2H3/t14-,15+/m0/s1. The highest BCUT2D eigenvalue weighted by Crippen LogP contribution is 2.46. The molecule has 1 amide bonds. The van der Waals surface area contributed by atoms with Crippen LogP contribution in [0.1, 0.15) is 38.2 Å². The smallest absolute Gasteiger partial charge is 0.264 e. The number of hydrogen-bond acceptors (Lipinski definition) is 4. The summed E-state index contributed by atoms with van der Waals surface area (Å²) < 4.78 is 27.6. The summed E-state index contributed by atoms with van der Waals surface area (Å²) in [6, 6.07) is 7.59. The highest BCUT2D eigenvalue weighted by atomic mass is 35.5. The molecule has 3 rings (SSSR count). The Bertz CT molecular complexity index is 758. The van der Waals surface area contributed by atoms with Crippen molar-refractivity contribution in [3.63, 3.8) is 0 Å². The van der Waals surface area contributed by atoms with E-state index in [4.69, 9.17) is 15.8 Å². The van der Waals surface area contributed by atoms with Crippen LogP contribution in [-0.4, -0.2) is 45.2 Å². The second kappa shape index (κ2) is 7.49. The van der Waals surface area contributed by atoms with Crippen LogP contribution in [0.5, 0.6) is 0 Å². The van der Waals surface area contributed by atoms with E-state index in [9.17, 15) is 13.2 Å². The van der Waals surface area contributed by atoms with E-state index in [1.54, 1.807) is 0 Å². The number of amides is 1. The van der Waals surface area contributed by atoms with Gasteiger partial charge in [-0.25, -0.2) is 0 Å². The summed E-state index contributed by atoms with van der Waals surface area (Å²) in [4.78, 5) is 15.3. The highest BCUT2D eigenvalue weighted by Gasteiger charge is 2.48. The van der Waals surface area contributed by atoms with Gasteiger partial charge in [0, 0.05) is 24.0 Å². The number of hydrogen-bond donors (Lipinski definition) is 0. The van der Waals surface area contributed by atoms with E-state index in [0.717, 1.165) is 37.5 Å². The third kappa shape index (κ3) is 4.07. The second-order valence-electron chi connectivity index (χ2n) is 7.71. The van der Waals surface area contributed by atoms with Crippen LogP contribution >= 0.6 is 11.6 Å². The molecule has 0 bridgehead atoms. The predicted octanol–water partition coefficient (Wildman–Crippen LogP) is 3.22. The Morgan fingerprint density at radius 2 is 1.96 bits per heavy atom. The Morgan fingerprint density at radius 3 is 2.50 bits per heavy atom. The highest BCUT2D eigenvalue weighted by molar-refractivity contribution is 7.85. The van der Waals surface area contributed by atoms with Crippen molar-refractivity contribution in [2.24, 2.45) is 11.8 Å². The summed E-state index contributed by atoms with van der Waals surface area (Å²) in [5, 5.41) is 0.667. The number of halogens is 1. The minimum absolute atomic E-state index is 0.0322. The van der Waals surface area contributed by atoms with Crippen molar-refractivity contribution in [2.75, 3.05) is 26.0 Å². The number of nitrogens with zero attached hydrogens (tertiary/aromatic N) is 1. The average Bonchev–Trinajstić information content (AvgIpc) is 2.54. The van der Waals surface area contributed by atoms with Gasteiger partial charge in [-0.15, -0.1) is 0 Å². The molecule has 1 aliphatic heterocycles. The van der Waals surface area contributed by atoms with E-state index in [0.29, 0.717) is 24.0 Å². The van der Waals surface area contributed by atoms with Gasteiger partial charge in [0.2, 0.25) is 5.91 Å². The molecule has 1 saturated carbocycles. The molecule has 5 nitrogen and oxygen atoms in total. The van der Waals surface area contributed by atoms with E-state index in [1.807, 2.05) is 29.2 Å². The first kappa shape index (κ1) is 19.6. The lowest BCUT2D eigenvalue weighted by Crippen LogP contribution is -2.55. The van der Waals surface area contributed by atoms with Crippen molar-refractivity contribution < 1.29 is 17.4 Å². The maximum atomic E-state index is 13.4. The lowest BCUT2D eigenvalue weighted by Gasteiger charge is -2.47. The van der Waals surface area contributed by atoms with Gasteiger partial charge >= 0.3 is 0 Å². The molecule has 1 saturated heterocycles. The molecule has 1 aliphatic carbocycles. The summed E-state index contributed by atoms with van der Waals surface area (Å²) >= 11 is 6.00. The number of carbonyl (C=O) groups is 1. The quantitative estimate of drug-likeness (QED) is 0.713. The van der Waals surface area contributed by atoms with E-state index in [2.05, 4.69) is 6.92 Å². The van der Waals surface area contributed by atoms with Crippen LogP contribution < -0.4 is 0 Å². The fourth-order valence-corrected chi connectivity index (χ4v) is 4.54. The number of piperidine rings is 1. The zero-order chi connectivity index (χ0) is 18.9. The van der Waals surface area contributed by atoms with E-state index >= 15 is 0 Å². The molecule has 1 aromatic rings. The third-order valence-corrected chi connectivity index (χ3v) is 6.73. The van der Waals surface area contributed by atoms with Crippen LogP contribution in [0.3, 0.4) is 0 Å². The number of likely N-dealkylation sites (tertiary alicyclic amines) is 1. The molecule has 26 heavy (non-hydrogen) atoms. The fraction of sp³-hybridized carbons (Fsp3) is 0.632. The minimum Gasteiger partial charge on any atom is -0.342 e. The minimum atomic E-state index is -3.47. The molecule has 0 N–H and O–H groups in total. The van der Waals surface area contributed by atoms with Gasteiger partial charge in [0.05, 0.1) is 18.3 Å². The summed E-state index contributed by atoms with van der Waals surface area (Å²) in [7, 11) is -3.47. The SMILES string of the molecule is C[C@H]1CCN(C(=O)C2(c3ccc(Cl)cc3)CCC2)C[C@@H]1COS(C)(=O)=O. The largest absolute Gasteiger partial charge is 0.342 e. The molecule has 2 fully saturated rings. The zero-order valence-electron chi connectivity index (χ0n) is 15.3. The maximum absolute atomic E-state index is 13.4. The van der Waals surface area contributed by atoms with Crippen LogP contribution in [0, 0.1) is 11.8 Å². The Morgan fingerprint density at radius 1 is 1.31 bits per heavy atom. The van der Waals surface area contributed by atoms with Gasteiger partial charge < -0.3 is 4.90 Å². The first-order valence-electron chi connectivity index (χ1n) is 9.11. The van der Waals surface area contributed by atoms with Crippen LogP contribution in [0.4, 0.5) is 0 Å². The van der Waals surface area contributed by atoms with Crippen molar-refractivity contribution in [3.8, 4) is 0 Å². The van der Waals surface area contributed by atoms with E-state index in [-0.39, 0.29) is 18.4 Å². The molecule has 7 heteroatoms. The van der Waals surface area contributed by atoms with Crippen LogP contribution in [0.25, 0.3) is 0 Å². The third-order valence-electron chi connectivity index (χ3n) is 5.91. The summed E-state index contributed by atoms with van der Waals surface area (Å²) in [6.07, 6.45) is 4.67. The van der Waals surface area contributed by atoms with Crippen molar-refractivity contribution in [1.29, 1.82) is 0 Å². The van der Waals surface area contributed by atoms with Gasteiger partial charge in [-0.05, 0) is 42.9 Å². The van der Waals surface area contributed by atoms with E-state index < -0.39 is 15.5 Å². The molecule has 144 valence electrons. The van der Waals surface area contributed by atoms with Crippen LogP contribution in [0.15, 0.2) is 24.3 Å². The normalized spacial score (nSPS) is 25.6. The van der Waals surface area contributed by atoms with Crippen molar-refractivity contribution in [2.45, 2.75) is 38.0 Å². The Labute approximate surface area is 160 Å². The molecule has 2 atom stereocenters. The topological polar surface area (TPSA) is 63.7 Å². The Hall–Kier alpha value is -1.11. The molecular formula is C19H26ClNO4S. The summed E-state index contributed by atoms with van der Waals surface area (Å²) in [5.41, 5.74) is 0.577. The molecule has 1 heterocycles. The van der Waals surface area contributed by atoms with E-state index in [1.165, 1.54) is 0 Å².